The largest absolute Gasteiger partial charge is 1.00 e. The molecule has 5 heterocycles. The molecule has 2 bridgehead atoms. The Hall–Kier alpha value is -6.12. The lowest BCUT2D eigenvalue weighted by molar-refractivity contribution is -0.984. The highest BCUT2D eigenvalue weighted by Crippen LogP contribution is 2.51. The van der Waals surface area contributed by atoms with Gasteiger partial charge in [0.2, 0.25) is 5.88 Å². The summed E-state index contributed by atoms with van der Waals surface area (Å²) in [5.41, 5.74) is 10.1. The van der Waals surface area contributed by atoms with Gasteiger partial charge >= 0.3 is 0 Å². The molecule has 6 aromatic carbocycles. The number of pyridine rings is 1. The molecule has 0 aliphatic carbocycles. The van der Waals surface area contributed by atoms with Crippen molar-refractivity contribution >= 4 is 22.5 Å². The van der Waals surface area contributed by atoms with Crippen molar-refractivity contribution in [3.8, 4) is 56.4 Å². The summed E-state index contributed by atoms with van der Waals surface area (Å²) in [6.45, 7) is 7.14. The number of fused-ring (bicyclic) bond motifs is 4. The quantitative estimate of drug-likeness (QED) is 0.0695. The summed E-state index contributed by atoms with van der Waals surface area (Å²) in [7, 11) is 1.78. The summed E-state index contributed by atoms with van der Waals surface area (Å²) in [6, 6.07) is 56.6. The minimum atomic E-state index is -0.422. The molecule has 3 aliphatic rings. The van der Waals surface area contributed by atoms with Crippen molar-refractivity contribution in [1.29, 1.82) is 0 Å². The van der Waals surface area contributed by atoms with Gasteiger partial charge in [0.1, 0.15) is 23.5 Å². The fourth-order valence-electron chi connectivity index (χ4n) is 10.3. The Morgan fingerprint density at radius 2 is 1.33 bits per heavy atom. The second-order valence-electron chi connectivity index (χ2n) is 16.7. The average Bonchev–Trinajstić information content (AvgIpc) is 3.33. The smallest absolute Gasteiger partial charge is 0.227 e. The van der Waals surface area contributed by atoms with E-state index in [-0.39, 0.29) is 23.0 Å². The minimum absolute atomic E-state index is 0. The molecule has 2 aromatic heterocycles. The molecule has 3 aliphatic heterocycles. The summed E-state index contributed by atoms with van der Waals surface area (Å²) >= 11 is 7.25. The van der Waals surface area contributed by atoms with Gasteiger partial charge in [0.15, 0.2) is 11.9 Å². The van der Waals surface area contributed by atoms with E-state index in [2.05, 4.69) is 110 Å². The van der Waals surface area contributed by atoms with Gasteiger partial charge in [-0.15, -0.1) is 6.58 Å². The van der Waals surface area contributed by atoms with E-state index in [0.29, 0.717) is 34.3 Å². The van der Waals surface area contributed by atoms with Gasteiger partial charge in [-0.2, -0.15) is 4.98 Å². The predicted molar refractivity (Wildman–Crippen MR) is 251 cm³/mol. The normalized spacial score (nSPS) is 19.5. The maximum absolute atomic E-state index is 7.66. The molecule has 0 radical (unpaired) electrons. The molecule has 63 heavy (non-hydrogen) atoms. The van der Waals surface area contributed by atoms with Crippen LogP contribution >= 0.6 is 11.6 Å². The van der Waals surface area contributed by atoms with Crippen molar-refractivity contribution in [3.63, 3.8) is 0 Å². The second kappa shape index (κ2) is 18.3. The molecule has 0 amide bonds. The van der Waals surface area contributed by atoms with Crippen LogP contribution in [0.15, 0.2) is 183 Å². The number of ether oxygens (including phenoxy) is 2. The summed E-state index contributed by atoms with van der Waals surface area (Å²) in [4.78, 5) is 15.0. The van der Waals surface area contributed by atoms with Gasteiger partial charge in [0, 0.05) is 58.2 Å². The first-order chi connectivity index (χ1) is 30.5. The van der Waals surface area contributed by atoms with E-state index in [0.717, 1.165) is 92.6 Å². The molecule has 3 fully saturated rings. The molecule has 6 nitrogen and oxygen atoms in total. The number of nitrogens with zero attached hydrogens (tertiary/aromatic N) is 4. The molecule has 0 spiro atoms. The number of methoxy groups -OCH3 is 1. The number of piperidine rings is 3. The van der Waals surface area contributed by atoms with E-state index in [1.165, 1.54) is 5.56 Å². The monoisotopic (exact) mass is 910 g/mol. The van der Waals surface area contributed by atoms with Crippen molar-refractivity contribution in [3.05, 3.63) is 199 Å². The van der Waals surface area contributed by atoms with Crippen molar-refractivity contribution < 1.29 is 30.9 Å². The number of hydrogen-bond donors (Lipinski definition) is 0. The van der Waals surface area contributed by atoms with Gasteiger partial charge in [-0.05, 0) is 46.9 Å². The zero-order chi connectivity index (χ0) is 42.0. The van der Waals surface area contributed by atoms with Crippen molar-refractivity contribution in [2.75, 3.05) is 20.2 Å². The first kappa shape index (κ1) is 42.2. The maximum Gasteiger partial charge on any atom is 0.227 e. The summed E-state index contributed by atoms with van der Waals surface area (Å²) < 4.78 is 14.8. The molecular formula is C55H48BrClN4O2. The Kier molecular flexibility index (Phi) is 12.3. The molecule has 1 unspecified atom stereocenters. The number of para-hydroxylation sites is 1. The number of hydrogen-bond acceptors (Lipinski definition) is 5. The molecular weight excluding hydrogens is 864 g/mol. The third-order valence-corrected chi connectivity index (χ3v) is 13.5. The Balaban J connectivity index is 0.00000504. The number of rotatable bonds is 12. The van der Waals surface area contributed by atoms with E-state index >= 15 is 0 Å². The topological polar surface area (TPSA) is 57.1 Å². The van der Waals surface area contributed by atoms with Crippen LogP contribution in [0.25, 0.3) is 55.7 Å². The highest BCUT2D eigenvalue weighted by atomic mass is 79.9. The highest BCUT2D eigenvalue weighted by Gasteiger charge is 2.55. The molecule has 11 rings (SSSR count). The Bertz CT molecular complexity index is 2800. The number of quaternary nitrogens is 1. The maximum atomic E-state index is 7.66. The molecule has 5 atom stereocenters. The predicted octanol–water partition coefficient (Wildman–Crippen LogP) is 10.1. The van der Waals surface area contributed by atoms with Gasteiger partial charge in [-0.25, -0.2) is 4.98 Å². The molecule has 3 saturated heterocycles. The molecule has 8 aromatic rings. The lowest BCUT2D eigenvalue weighted by Crippen LogP contribution is -3.00. The summed E-state index contributed by atoms with van der Waals surface area (Å²) in [5.74, 6) is 2.69. The fourth-order valence-corrected chi connectivity index (χ4v) is 10.6. The Morgan fingerprint density at radius 1 is 0.746 bits per heavy atom. The third-order valence-electron chi connectivity index (χ3n) is 13.2. The third kappa shape index (κ3) is 8.17. The van der Waals surface area contributed by atoms with Crippen LogP contribution in [0.3, 0.4) is 0 Å². The van der Waals surface area contributed by atoms with Gasteiger partial charge in [-0.3, -0.25) is 4.98 Å². The minimum Gasteiger partial charge on any atom is -1.00 e. The van der Waals surface area contributed by atoms with E-state index in [1.807, 2.05) is 72.9 Å². The number of aromatic nitrogens is 3. The van der Waals surface area contributed by atoms with Gasteiger partial charge in [0.25, 0.3) is 0 Å². The molecule has 0 N–H and O–H groups in total. The van der Waals surface area contributed by atoms with E-state index in [4.69, 9.17) is 36.0 Å². The Morgan fingerprint density at radius 3 is 1.95 bits per heavy atom. The fraction of sp³-hybridized carbons (Fsp3) is 0.182. The van der Waals surface area contributed by atoms with Crippen molar-refractivity contribution in [2.24, 2.45) is 11.8 Å². The highest BCUT2D eigenvalue weighted by molar-refractivity contribution is 6.32. The Labute approximate surface area is 385 Å². The average molecular weight is 912 g/mol. The lowest BCUT2D eigenvalue weighted by atomic mass is 9.71. The standard InChI is InChI=1S/C55H48ClN4O2.BrH/c1-3-38-36-60(35-37-32-46(39-18-8-4-9-19-39)51(61-2)47(33-37)40-20-10-5-11-21-40)31-29-43(38)34-49(60)52(45-28-30-57-48-27-17-16-26-44(45)48)62-55-50(41-22-12-6-13-23-41)53(56)58-54(59-55)42-24-14-7-15-25-42;/h3-28,30,32-33,38,43,49,52H,1,29,31,34-36H2,2H3;1H/q+1;/p-1/t38-,43-,49+,52-,60?;/m0./s1. The van der Waals surface area contributed by atoms with Crippen LogP contribution in [0.1, 0.15) is 30.1 Å². The number of benzene rings is 6. The van der Waals surface area contributed by atoms with Crippen LogP contribution in [0.2, 0.25) is 5.15 Å². The summed E-state index contributed by atoms with van der Waals surface area (Å²) in [6.07, 6.45) is 5.76. The van der Waals surface area contributed by atoms with Crippen LogP contribution in [-0.4, -0.2) is 45.7 Å². The number of halogens is 2. The lowest BCUT2D eigenvalue weighted by Gasteiger charge is -2.58. The van der Waals surface area contributed by atoms with Crippen LogP contribution in [0.4, 0.5) is 0 Å². The molecule has 8 heteroatoms. The molecule has 314 valence electrons. The van der Waals surface area contributed by atoms with E-state index in [1.54, 1.807) is 7.11 Å². The van der Waals surface area contributed by atoms with Crippen LogP contribution in [0.5, 0.6) is 11.6 Å². The van der Waals surface area contributed by atoms with Crippen LogP contribution < -0.4 is 26.5 Å². The van der Waals surface area contributed by atoms with Crippen LogP contribution in [0, 0.1) is 11.8 Å². The zero-order valence-corrected chi connectivity index (χ0v) is 37.5. The van der Waals surface area contributed by atoms with E-state index in [9.17, 15) is 0 Å². The van der Waals surface area contributed by atoms with E-state index < -0.39 is 6.10 Å². The van der Waals surface area contributed by atoms with Crippen LogP contribution in [-0.2, 0) is 6.54 Å². The SMILES string of the molecule is C=C[C@H]1C[N+]2(Cc3cc(-c4ccccc4)c(OC)c(-c4ccccc4)c3)CC[C@H]1C[C@@H]2[C@@H](Oc1nc(-c2ccccc2)nc(Cl)c1-c1ccccc1)c1ccnc2ccccc12.[Br-]. The summed E-state index contributed by atoms with van der Waals surface area (Å²) in [5, 5.41) is 1.41. The van der Waals surface area contributed by atoms with Crippen molar-refractivity contribution in [2.45, 2.75) is 31.5 Å². The first-order valence-electron chi connectivity index (χ1n) is 21.5. The molecule has 0 saturated carbocycles. The van der Waals surface area contributed by atoms with Crippen molar-refractivity contribution in [1.82, 2.24) is 15.0 Å². The van der Waals surface area contributed by atoms with Gasteiger partial charge in [0.05, 0.1) is 31.3 Å². The van der Waals surface area contributed by atoms with Gasteiger partial charge < -0.3 is 30.9 Å². The van der Waals surface area contributed by atoms with Gasteiger partial charge in [-0.1, -0.05) is 157 Å². The second-order valence-corrected chi connectivity index (χ2v) is 17.1. The first-order valence-corrected chi connectivity index (χ1v) is 21.9. The zero-order valence-electron chi connectivity index (χ0n) is 35.2.